The number of para-hydroxylation sites is 1. The van der Waals surface area contributed by atoms with Gasteiger partial charge < -0.3 is 15.6 Å². The molecule has 5 aromatic rings. The molecule has 3 N–H and O–H groups in total. The molecule has 9 nitrogen and oxygen atoms in total. The molecule has 3 amide bonds. The summed E-state index contributed by atoms with van der Waals surface area (Å²) in [6, 6.07) is 27.3. The van der Waals surface area contributed by atoms with Crippen LogP contribution in [0.25, 0.3) is 22.0 Å². The lowest BCUT2D eigenvalue weighted by molar-refractivity contribution is -0.137. The molecule has 0 radical (unpaired) electrons. The van der Waals surface area contributed by atoms with E-state index < -0.39 is 45.1 Å². The number of nitrogens with one attached hydrogen (secondary N) is 1. The summed E-state index contributed by atoms with van der Waals surface area (Å²) in [6.45, 7) is 6.64. The van der Waals surface area contributed by atoms with E-state index >= 15 is 0 Å². The number of carbonyl (C=O) groups is 3. The van der Waals surface area contributed by atoms with Crippen molar-refractivity contribution in [2.45, 2.75) is 57.9 Å². The zero-order chi connectivity index (χ0) is 35.5. The molecule has 0 spiro atoms. The van der Waals surface area contributed by atoms with Crippen LogP contribution in [0.5, 0.6) is 0 Å². The first-order valence-corrected chi connectivity index (χ1v) is 17.7. The molecule has 0 fully saturated rings. The van der Waals surface area contributed by atoms with E-state index in [0.29, 0.717) is 21.0 Å². The Morgan fingerprint density at radius 2 is 1.37 bits per heavy atom. The molecule has 1 heterocycles. The van der Waals surface area contributed by atoms with Crippen molar-refractivity contribution in [1.29, 1.82) is 0 Å². The predicted molar refractivity (Wildman–Crippen MR) is 193 cm³/mol. The maximum atomic E-state index is 14.9. The zero-order valence-electron chi connectivity index (χ0n) is 28.4. The fourth-order valence-corrected chi connectivity index (χ4v) is 7.52. The second-order valence-electron chi connectivity index (χ2n) is 12.8. The number of benzene rings is 4. The standard InChI is InChI=1S/C39H42N4O5S/c1-25(2)49(47,48)43(35(37(40)44)23-32-24-41-34-14-10-9-13-33(32)34)39(46)36(42(5)38(45)31-20-26(3)19-27(4)21-31)22-28-15-17-30(18-16-28)29-11-7-6-8-12-29/h6-21,24-25,35-36,41H,22-23H2,1-5H3,(H2,40,44)/t35-,36-/m0/s1. The van der Waals surface area contributed by atoms with Gasteiger partial charge in [0.15, 0.2) is 0 Å². The summed E-state index contributed by atoms with van der Waals surface area (Å²) in [7, 11) is -2.94. The minimum Gasteiger partial charge on any atom is -0.368 e. The third-order valence-corrected chi connectivity index (χ3v) is 11.0. The Morgan fingerprint density at radius 1 is 0.776 bits per heavy atom. The summed E-state index contributed by atoms with van der Waals surface area (Å²) in [5.74, 6) is -2.35. The average molecular weight is 679 g/mol. The van der Waals surface area contributed by atoms with E-state index in [1.807, 2.05) is 98.8 Å². The topological polar surface area (TPSA) is 134 Å². The number of nitrogens with two attached hydrogens (primary N) is 1. The number of fused-ring (bicyclic) bond motifs is 1. The molecule has 0 bridgehead atoms. The summed E-state index contributed by atoms with van der Waals surface area (Å²) in [4.78, 5) is 46.5. The lowest BCUT2D eigenvalue weighted by Crippen LogP contribution is -2.59. The van der Waals surface area contributed by atoms with Crippen molar-refractivity contribution in [3.63, 3.8) is 0 Å². The van der Waals surface area contributed by atoms with Gasteiger partial charge in [0, 0.05) is 42.6 Å². The monoisotopic (exact) mass is 678 g/mol. The highest BCUT2D eigenvalue weighted by Gasteiger charge is 2.44. The number of amides is 3. The maximum absolute atomic E-state index is 14.9. The van der Waals surface area contributed by atoms with Gasteiger partial charge in [-0.2, -0.15) is 0 Å². The van der Waals surface area contributed by atoms with E-state index in [2.05, 4.69) is 4.98 Å². The van der Waals surface area contributed by atoms with Crippen LogP contribution in [0.2, 0.25) is 0 Å². The van der Waals surface area contributed by atoms with Crippen molar-refractivity contribution < 1.29 is 22.8 Å². The summed E-state index contributed by atoms with van der Waals surface area (Å²) in [5, 5.41) is -0.284. The first-order valence-electron chi connectivity index (χ1n) is 16.2. The van der Waals surface area contributed by atoms with Gasteiger partial charge in [-0.1, -0.05) is 90.0 Å². The molecule has 4 aromatic carbocycles. The van der Waals surface area contributed by atoms with Crippen molar-refractivity contribution in [2.24, 2.45) is 5.73 Å². The van der Waals surface area contributed by atoms with Gasteiger partial charge >= 0.3 is 0 Å². The largest absolute Gasteiger partial charge is 0.368 e. The fraction of sp³-hybridized carbons (Fsp3) is 0.256. The normalized spacial score (nSPS) is 12.9. The molecule has 254 valence electrons. The summed E-state index contributed by atoms with van der Waals surface area (Å²) >= 11 is 0. The lowest BCUT2D eigenvalue weighted by atomic mass is 9.98. The number of aryl methyl sites for hydroxylation is 2. The van der Waals surface area contributed by atoms with Crippen molar-refractivity contribution in [3.8, 4) is 11.1 Å². The number of hydrogen-bond donors (Lipinski definition) is 2. The molecule has 0 saturated heterocycles. The molecule has 10 heteroatoms. The Morgan fingerprint density at radius 3 is 1.98 bits per heavy atom. The number of primary amides is 1. The maximum Gasteiger partial charge on any atom is 0.259 e. The molecule has 1 aromatic heterocycles. The van der Waals surface area contributed by atoms with E-state index in [1.54, 1.807) is 18.3 Å². The molecular formula is C39H42N4O5S. The van der Waals surface area contributed by atoms with E-state index in [9.17, 15) is 22.8 Å². The molecule has 5 rings (SSSR count). The SMILES string of the molecule is Cc1cc(C)cc(C(=O)N(C)[C@@H](Cc2ccc(-c3ccccc3)cc2)C(=O)N([C@@H](Cc2c[nH]c3ccccc23)C(N)=O)S(=O)(=O)C(C)C)c1. The third-order valence-electron chi connectivity index (χ3n) is 8.82. The average Bonchev–Trinajstić information content (AvgIpc) is 3.49. The molecule has 0 saturated carbocycles. The second-order valence-corrected chi connectivity index (χ2v) is 15.2. The van der Waals surface area contributed by atoms with E-state index in [-0.39, 0.29) is 12.8 Å². The number of nitrogens with zero attached hydrogens (tertiary/aromatic N) is 2. The molecule has 0 aliphatic rings. The van der Waals surface area contributed by atoms with Crippen LogP contribution < -0.4 is 5.73 Å². The number of carbonyl (C=O) groups excluding carboxylic acids is 3. The van der Waals surface area contributed by atoms with Gasteiger partial charge in [-0.3, -0.25) is 14.4 Å². The molecule has 0 unspecified atom stereocenters. The summed E-state index contributed by atoms with van der Waals surface area (Å²) in [5.41, 5.74) is 12.1. The number of hydrogen-bond acceptors (Lipinski definition) is 5. The molecule has 0 aliphatic carbocycles. The number of likely N-dealkylation sites (N-methyl/N-ethyl adjacent to an activating group) is 1. The van der Waals surface area contributed by atoms with Crippen molar-refractivity contribution >= 4 is 38.6 Å². The van der Waals surface area contributed by atoms with Crippen molar-refractivity contribution in [3.05, 3.63) is 131 Å². The van der Waals surface area contributed by atoms with E-state index in [0.717, 1.165) is 33.2 Å². The minimum atomic E-state index is -4.42. The van der Waals surface area contributed by atoms with Gasteiger partial charge in [-0.25, -0.2) is 12.7 Å². The van der Waals surface area contributed by atoms with Crippen LogP contribution in [0, 0.1) is 13.8 Å². The van der Waals surface area contributed by atoms with Crippen molar-refractivity contribution in [2.75, 3.05) is 7.05 Å². The van der Waals surface area contributed by atoms with E-state index in [1.165, 1.54) is 25.8 Å². The van der Waals surface area contributed by atoms with Crippen LogP contribution in [0.3, 0.4) is 0 Å². The van der Waals surface area contributed by atoms with Crippen LogP contribution in [-0.2, 0) is 32.5 Å². The minimum absolute atomic E-state index is 0.0103. The Balaban J connectivity index is 1.60. The Labute approximate surface area is 287 Å². The summed E-state index contributed by atoms with van der Waals surface area (Å²) < 4.78 is 28.8. The highest BCUT2D eigenvalue weighted by atomic mass is 32.2. The van der Waals surface area contributed by atoms with E-state index in [4.69, 9.17) is 5.73 Å². The summed E-state index contributed by atoms with van der Waals surface area (Å²) in [6.07, 6.45) is 1.53. The second kappa shape index (κ2) is 14.5. The van der Waals surface area contributed by atoms with Gasteiger partial charge in [0.2, 0.25) is 15.9 Å². The first-order chi connectivity index (χ1) is 23.3. The number of sulfonamides is 1. The van der Waals surface area contributed by atoms with Crippen LogP contribution in [0.1, 0.15) is 46.5 Å². The smallest absolute Gasteiger partial charge is 0.259 e. The highest BCUT2D eigenvalue weighted by Crippen LogP contribution is 2.27. The Kier molecular flexibility index (Phi) is 10.4. The molecule has 0 aliphatic heterocycles. The van der Waals surface area contributed by atoms with Gasteiger partial charge in [0.05, 0.1) is 5.25 Å². The van der Waals surface area contributed by atoms with Crippen LogP contribution in [0.15, 0.2) is 103 Å². The van der Waals surface area contributed by atoms with Crippen LogP contribution in [0.4, 0.5) is 0 Å². The van der Waals surface area contributed by atoms with Crippen molar-refractivity contribution in [1.82, 2.24) is 14.2 Å². The fourth-order valence-electron chi connectivity index (χ4n) is 6.16. The first kappa shape index (κ1) is 35.1. The quantitative estimate of drug-likeness (QED) is 0.172. The van der Waals surface area contributed by atoms with Crippen LogP contribution >= 0.6 is 0 Å². The lowest BCUT2D eigenvalue weighted by Gasteiger charge is -2.36. The number of aromatic nitrogens is 1. The van der Waals surface area contributed by atoms with Crippen LogP contribution in [-0.4, -0.2) is 64.7 Å². The third kappa shape index (κ3) is 7.60. The van der Waals surface area contributed by atoms with Gasteiger partial charge in [0.1, 0.15) is 12.1 Å². The Hall–Kier alpha value is -5.22. The number of H-pyrrole nitrogens is 1. The van der Waals surface area contributed by atoms with Gasteiger partial charge in [-0.15, -0.1) is 0 Å². The number of rotatable bonds is 12. The molecular weight excluding hydrogens is 637 g/mol. The molecule has 49 heavy (non-hydrogen) atoms. The Bertz CT molecular complexity index is 2070. The zero-order valence-corrected chi connectivity index (χ0v) is 29.2. The molecule has 2 atom stereocenters. The highest BCUT2D eigenvalue weighted by molar-refractivity contribution is 7.90. The number of aromatic amines is 1. The predicted octanol–water partition coefficient (Wildman–Crippen LogP) is 5.80. The van der Waals surface area contributed by atoms with Gasteiger partial charge in [-0.05, 0) is 68.1 Å². The van der Waals surface area contributed by atoms with Gasteiger partial charge in [0.25, 0.3) is 11.8 Å².